The van der Waals surface area contributed by atoms with Crippen LogP contribution >= 0.6 is 0 Å². The Morgan fingerprint density at radius 1 is 0.900 bits per heavy atom. The summed E-state index contributed by atoms with van der Waals surface area (Å²) < 4.78 is 6.83. The number of methoxy groups -OCH3 is 1. The molecule has 1 amide bonds. The fourth-order valence-electron chi connectivity index (χ4n) is 4.25. The third-order valence-corrected chi connectivity index (χ3v) is 6.00. The third kappa shape index (κ3) is 3.42. The van der Waals surface area contributed by atoms with E-state index in [-0.39, 0.29) is 6.03 Å². The van der Waals surface area contributed by atoms with E-state index in [1.54, 1.807) is 18.0 Å². The molecule has 2 fully saturated rings. The molecule has 0 unspecified atom stereocenters. The van der Waals surface area contributed by atoms with Crippen LogP contribution in [0, 0.1) is 0 Å². The van der Waals surface area contributed by atoms with Crippen molar-refractivity contribution in [1.82, 2.24) is 19.4 Å². The Hall–Kier alpha value is -3.29. The number of anilines is 2. The molecule has 156 valence electrons. The SMILES string of the molecule is COc1ccc(N2CCN(C(=O)n3cnc4ccc(N5CCCC5)nc43)CC2)cc1. The lowest BCUT2D eigenvalue weighted by Gasteiger charge is -2.36. The van der Waals surface area contributed by atoms with Crippen LogP contribution in [0.3, 0.4) is 0 Å². The van der Waals surface area contributed by atoms with Crippen LogP contribution in [0.1, 0.15) is 12.8 Å². The summed E-state index contributed by atoms with van der Waals surface area (Å²) in [5.41, 5.74) is 2.54. The highest BCUT2D eigenvalue weighted by atomic mass is 16.5. The van der Waals surface area contributed by atoms with Crippen molar-refractivity contribution in [3.8, 4) is 5.75 Å². The van der Waals surface area contributed by atoms with Gasteiger partial charge in [0.15, 0.2) is 5.65 Å². The smallest absolute Gasteiger partial charge is 0.331 e. The minimum Gasteiger partial charge on any atom is -0.497 e. The lowest BCUT2D eigenvalue weighted by molar-refractivity contribution is 0.197. The molecule has 4 heterocycles. The summed E-state index contributed by atoms with van der Waals surface area (Å²) in [4.78, 5) is 28.8. The Labute approximate surface area is 175 Å². The number of rotatable bonds is 3. The topological polar surface area (TPSA) is 66.7 Å². The van der Waals surface area contributed by atoms with Gasteiger partial charge in [0.25, 0.3) is 0 Å². The van der Waals surface area contributed by atoms with Crippen molar-refractivity contribution in [2.75, 3.05) is 56.2 Å². The first-order valence-electron chi connectivity index (χ1n) is 10.5. The lowest BCUT2D eigenvalue weighted by Crippen LogP contribution is -2.50. The van der Waals surface area contributed by atoms with Crippen molar-refractivity contribution in [2.24, 2.45) is 0 Å². The normalized spacial score (nSPS) is 17.0. The predicted octanol–water partition coefficient (Wildman–Crippen LogP) is 2.83. The number of aromatic nitrogens is 3. The lowest BCUT2D eigenvalue weighted by atomic mass is 10.2. The average Bonchev–Trinajstić information content (AvgIpc) is 3.48. The van der Waals surface area contributed by atoms with Crippen molar-refractivity contribution >= 4 is 28.7 Å². The minimum absolute atomic E-state index is 0.0575. The number of hydrogen-bond donors (Lipinski definition) is 0. The van der Waals surface area contributed by atoms with Gasteiger partial charge in [-0.1, -0.05) is 0 Å². The number of fused-ring (bicyclic) bond motifs is 1. The molecule has 30 heavy (non-hydrogen) atoms. The van der Waals surface area contributed by atoms with Crippen LogP contribution in [0.5, 0.6) is 5.75 Å². The Morgan fingerprint density at radius 3 is 2.33 bits per heavy atom. The Balaban J connectivity index is 1.30. The van der Waals surface area contributed by atoms with E-state index >= 15 is 0 Å². The molecule has 0 aliphatic carbocycles. The first-order valence-corrected chi connectivity index (χ1v) is 10.5. The van der Waals surface area contributed by atoms with E-state index in [1.165, 1.54) is 12.8 Å². The fraction of sp³-hybridized carbons (Fsp3) is 0.409. The van der Waals surface area contributed by atoms with E-state index in [0.29, 0.717) is 18.7 Å². The molecule has 0 N–H and O–H groups in total. The zero-order chi connectivity index (χ0) is 20.5. The van der Waals surface area contributed by atoms with Crippen LogP contribution in [-0.2, 0) is 0 Å². The molecule has 5 rings (SSSR count). The van der Waals surface area contributed by atoms with E-state index in [9.17, 15) is 4.79 Å². The molecule has 2 aliphatic heterocycles. The number of nitrogens with zero attached hydrogens (tertiary/aromatic N) is 6. The first-order chi connectivity index (χ1) is 14.7. The second-order valence-corrected chi connectivity index (χ2v) is 7.78. The maximum atomic E-state index is 13.2. The fourth-order valence-corrected chi connectivity index (χ4v) is 4.25. The maximum absolute atomic E-state index is 13.2. The Bertz CT molecular complexity index is 1030. The number of pyridine rings is 1. The van der Waals surface area contributed by atoms with Crippen LogP contribution in [0.2, 0.25) is 0 Å². The van der Waals surface area contributed by atoms with Crippen molar-refractivity contribution in [1.29, 1.82) is 0 Å². The summed E-state index contributed by atoms with van der Waals surface area (Å²) in [5, 5.41) is 0. The molecule has 2 aliphatic rings. The van der Waals surface area contributed by atoms with E-state index in [2.05, 4.69) is 26.9 Å². The van der Waals surface area contributed by atoms with Crippen molar-refractivity contribution < 1.29 is 9.53 Å². The van der Waals surface area contributed by atoms with Gasteiger partial charge in [0.05, 0.1) is 7.11 Å². The highest BCUT2D eigenvalue weighted by Gasteiger charge is 2.24. The van der Waals surface area contributed by atoms with Gasteiger partial charge in [0.1, 0.15) is 23.4 Å². The molecule has 8 nitrogen and oxygen atoms in total. The van der Waals surface area contributed by atoms with Gasteiger partial charge in [-0.3, -0.25) is 0 Å². The number of imidazole rings is 1. The van der Waals surface area contributed by atoms with E-state index < -0.39 is 0 Å². The van der Waals surface area contributed by atoms with Crippen LogP contribution < -0.4 is 14.5 Å². The summed E-state index contributed by atoms with van der Waals surface area (Å²) in [5.74, 6) is 1.78. The molecule has 2 saturated heterocycles. The monoisotopic (exact) mass is 406 g/mol. The first kappa shape index (κ1) is 18.7. The Kier molecular flexibility index (Phi) is 4.90. The molecular weight excluding hydrogens is 380 g/mol. The maximum Gasteiger partial charge on any atom is 0.331 e. The molecule has 0 bridgehead atoms. The summed E-state index contributed by atoms with van der Waals surface area (Å²) in [6, 6.07) is 12.0. The summed E-state index contributed by atoms with van der Waals surface area (Å²) in [6.07, 6.45) is 3.98. The summed E-state index contributed by atoms with van der Waals surface area (Å²) in [6.45, 7) is 4.95. The highest BCUT2D eigenvalue weighted by Crippen LogP contribution is 2.23. The number of carbonyl (C=O) groups excluding carboxylic acids is 1. The van der Waals surface area contributed by atoms with Gasteiger partial charge < -0.3 is 19.4 Å². The molecule has 3 aromatic rings. The quantitative estimate of drug-likeness (QED) is 0.666. The van der Waals surface area contributed by atoms with Crippen molar-refractivity contribution in [2.45, 2.75) is 12.8 Å². The standard InChI is InChI=1S/C22H26N6O2/c1-30-18-6-4-17(5-7-18)25-12-14-27(15-13-25)22(29)28-16-23-19-8-9-20(24-21(19)28)26-10-2-3-11-26/h4-9,16H,2-3,10-15H2,1H3. The van der Waals surface area contributed by atoms with E-state index in [4.69, 9.17) is 9.72 Å². The van der Waals surface area contributed by atoms with Gasteiger partial charge >= 0.3 is 6.03 Å². The van der Waals surface area contributed by atoms with Gasteiger partial charge in [0, 0.05) is 45.0 Å². The molecule has 0 radical (unpaired) electrons. The second kappa shape index (κ2) is 7.85. The zero-order valence-electron chi connectivity index (χ0n) is 17.2. The average molecular weight is 406 g/mol. The Morgan fingerprint density at radius 2 is 1.63 bits per heavy atom. The van der Waals surface area contributed by atoms with Gasteiger partial charge in [-0.2, -0.15) is 0 Å². The van der Waals surface area contributed by atoms with Crippen LogP contribution in [-0.4, -0.2) is 71.8 Å². The van der Waals surface area contributed by atoms with E-state index in [1.807, 2.05) is 29.2 Å². The highest BCUT2D eigenvalue weighted by molar-refractivity contribution is 5.88. The molecule has 8 heteroatoms. The van der Waals surface area contributed by atoms with Crippen LogP contribution in [0.25, 0.3) is 11.2 Å². The van der Waals surface area contributed by atoms with E-state index in [0.717, 1.165) is 49.0 Å². The molecular formula is C22H26N6O2. The number of piperazine rings is 1. The second-order valence-electron chi connectivity index (χ2n) is 7.78. The number of benzene rings is 1. The summed E-state index contributed by atoms with van der Waals surface area (Å²) >= 11 is 0. The van der Waals surface area contributed by atoms with Crippen molar-refractivity contribution in [3.05, 3.63) is 42.7 Å². The minimum atomic E-state index is -0.0575. The molecule has 2 aromatic heterocycles. The molecule has 0 atom stereocenters. The predicted molar refractivity (Wildman–Crippen MR) is 117 cm³/mol. The summed E-state index contributed by atoms with van der Waals surface area (Å²) in [7, 11) is 1.67. The number of carbonyl (C=O) groups is 1. The molecule has 0 spiro atoms. The largest absolute Gasteiger partial charge is 0.497 e. The number of ether oxygens (including phenoxy) is 1. The number of amides is 1. The van der Waals surface area contributed by atoms with Crippen LogP contribution in [0.15, 0.2) is 42.7 Å². The van der Waals surface area contributed by atoms with Crippen LogP contribution in [0.4, 0.5) is 16.3 Å². The van der Waals surface area contributed by atoms with Gasteiger partial charge in [-0.25, -0.2) is 19.3 Å². The zero-order valence-corrected chi connectivity index (χ0v) is 17.2. The van der Waals surface area contributed by atoms with Gasteiger partial charge in [-0.05, 0) is 49.2 Å². The molecule has 1 aromatic carbocycles. The number of hydrogen-bond acceptors (Lipinski definition) is 6. The van der Waals surface area contributed by atoms with Gasteiger partial charge in [0.2, 0.25) is 0 Å². The van der Waals surface area contributed by atoms with Crippen molar-refractivity contribution in [3.63, 3.8) is 0 Å². The van der Waals surface area contributed by atoms with Gasteiger partial charge in [-0.15, -0.1) is 0 Å². The molecule has 0 saturated carbocycles. The third-order valence-electron chi connectivity index (χ3n) is 6.00.